The number of benzene rings is 1. The van der Waals surface area contributed by atoms with Gasteiger partial charge in [-0.3, -0.25) is 4.79 Å². The summed E-state index contributed by atoms with van der Waals surface area (Å²) in [7, 11) is 0. The van der Waals surface area contributed by atoms with Gasteiger partial charge >= 0.3 is 0 Å². The molecule has 0 unspecified atom stereocenters. The first-order chi connectivity index (χ1) is 7.95. The van der Waals surface area contributed by atoms with E-state index in [-0.39, 0.29) is 5.92 Å². The Labute approximate surface area is 105 Å². The summed E-state index contributed by atoms with van der Waals surface area (Å²) in [6.07, 6.45) is 0. The lowest BCUT2D eigenvalue weighted by Gasteiger charge is -2.23. The average molecular weight is 260 g/mol. The predicted molar refractivity (Wildman–Crippen MR) is 64.2 cm³/mol. The van der Waals surface area contributed by atoms with Gasteiger partial charge in [0.15, 0.2) is 0 Å². The first-order valence-electron chi connectivity index (χ1n) is 5.31. The number of aliphatic hydroxyl groups excluding tert-OH is 1. The summed E-state index contributed by atoms with van der Waals surface area (Å²) in [6, 6.07) is 3.84. The van der Waals surface area contributed by atoms with Crippen LogP contribution in [-0.4, -0.2) is 17.6 Å². The molecule has 0 spiro atoms. The highest BCUT2D eigenvalue weighted by Crippen LogP contribution is 2.26. The molecule has 3 nitrogen and oxygen atoms in total. The Morgan fingerprint density at radius 2 is 2.18 bits per heavy atom. The number of carbonyl (C=O) groups excluding carboxylic acids is 1. The zero-order valence-electron chi connectivity index (χ0n) is 9.71. The quantitative estimate of drug-likeness (QED) is 0.872. The van der Waals surface area contributed by atoms with Gasteiger partial charge in [0.2, 0.25) is 5.91 Å². The summed E-state index contributed by atoms with van der Waals surface area (Å²) in [5.74, 6) is -0.992. The monoisotopic (exact) mass is 259 g/mol. The molecule has 17 heavy (non-hydrogen) atoms. The third-order valence-corrected chi connectivity index (χ3v) is 2.66. The number of amides is 1. The summed E-state index contributed by atoms with van der Waals surface area (Å²) >= 11 is 5.67. The number of rotatable bonds is 4. The van der Waals surface area contributed by atoms with E-state index in [1.807, 2.05) is 13.8 Å². The summed E-state index contributed by atoms with van der Waals surface area (Å²) in [5, 5.41) is 11.6. The highest BCUT2D eigenvalue weighted by molar-refractivity contribution is 6.30. The van der Waals surface area contributed by atoms with E-state index in [1.54, 1.807) is 12.1 Å². The van der Waals surface area contributed by atoms with Crippen LogP contribution in [0.2, 0.25) is 5.02 Å². The van der Waals surface area contributed by atoms with Crippen molar-refractivity contribution in [2.45, 2.75) is 19.9 Å². The van der Waals surface area contributed by atoms with Gasteiger partial charge in [-0.2, -0.15) is 0 Å². The van der Waals surface area contributed by atoms with Crippen LogP contribution in [-0.2, 0) is 4.79 Å². The van der Waals surface area contributed by atoms with Crippen molar-refractivity contribution in [3.63, 3.8) is 0 Å². The Bertz CT molecular complexity index is 409. The van der Waals surface area contributed by atoms with Crippen LogP contribution in [0.1, 0.15) is 25.5 Å². The van der Waals surface area contributed by atoms with E-state index < -0.39 is 24.4 Å². The van der Waals surface area contributed by atoms with Gasteiger partial charge in [-0.05, 0) is 18.1 Å². The molecule has 1 aromatic rings. The summed E-state index contributed by atoms with van der Waals surface area (Å²) in [4.78, 5) is 11.2. The van der Waals surface area contributed by atoms with E-state index in [4.69, 9.17) is 16.7 Å². The third kappa shape index (κ3) is 3.68. The van der Waals surface area contributed by atoms with Gasteiger partial charge in [-0.1, -0.05) is 31.5 Å². The van der Waals surface area contributed by atoms with Crippen molar-refractivity contribution in [1.82, 2.24) is 5.32 Å². The second-order valence-corrected chi connectivity index (χ2v) is 4.55. The number of carbonyl (C=O) groups is 1. The highest BCUT2D eigenvalue weighted by atomic mass is 35.5. The highest BCUT2D eigenvalue weighted by Gasteiger charge is 2.21. The molecule has 0 saturated carbocycles. The molecule has 5 heteroatoms. The Balaban J connectivity index is 3.01. The first kappa shape index (κ1) is 13.9. The SMILES string of the molecule is CC(C)[C@H](NC(=O)CO)c1ccc(Cl)cc1F. The van der Waals surface area contributed by atoms with Crippen molar-refractivity contribution in [1.29, 1.82) is 0 Å². The molecule has 0 aliphatic carbocycles. The summed E-state index contributed by atoms with van der Waals surface area (Å²) < 4.78 is 13.7. The number of hydrogen-bond acceptors (Lipinski definition) is 2. The molecular weight excluding hydrogens is 245 g/mol. The van der Waals surface area contributed by atoms with Crippen molar-refractivity contribution in [3.8, 4) is 0 Å². The van der Waals surface area contributed by atoms with E-state index >= 15 is 0 Å². The number of aliphatic hydroxyl groups is 1. The molecule has 0 aromatic heterocycles. The lowest BCUT2D eigenvalue weighted by Crippen LogP contribution is -2.34. The lowest BCUT2D eigenvalue weighted by atomic mass is 9.95. The Morgan fingerprint density at radius 1 is 1.53 bits per heavy atom. The molecule has 1 rings (SSSR count). The summed E-state index contributed by atoms with van der Waals surface area (Å²) in [6.45, 7) is 3.10. The van der Waals surface area contributed by atoms with E-state index in [1.165, 1.54) is 6.07 Å². The van der Waals surface area contributed by atoms with Gasteiger partial charge in [0.1, 0.15) is 12.4 Å². The number of halogens is 2. The fourth-order valence-electron chi connectivity index (χ4n) is 1.58. The van der Waals surface area contributed by atoms with Crippen molar-refractivity contribution in [2.75, 3.05) is 6.61 Å². The molecule has 0 aliphatic heterocycles. The standard InChI is InChI=1S/C12H15ClFNO2/c1-7(2)12(15-11(17)6-16)9-4-3-8(13)5-10(9)14/h3-5,7,12,16H,6H2,1-2H3,(H,15,17)/t12-/m0/s1. The molecule has 0 aliphatic rings. The normalized spacial score (nSPS) is 12.6. The van der Waals surface area contributed by atoms with Crippen molar-refractivity contribution in [2.24, 2.45) is 5.92 Å². The largest absolute Gasteiger partial charge is 0.387 e. The fourth-order valence-corrected chi connectivity index (χ4v) is 1.74. The van der Waals surface area contributed by atoms with E-state index in [0.717, 1.165) is 0 Å². The molecule has 1 amide bonds. The van der Waals surface area contributed by atoms with Gasteiger partial charge in [0.25, 0.3) is 0 Å². The van der Waals surface area contributed by atoms with Gasteiger partial charge in [0.05, 0.1) is 6.04 Å². The molecule has 0 bridgehead atoms. The van der Waals surface area contributed by atoms with Crippen molar-refractivity contribution in [3.05, 3.63) is 34.6 Å². The van der Waals surface area contributed by atoms with E-state index in [9.17, 15) is 9.18 Å². The van der Waals surface area contributed by atoms with Crippen LogP contribution in [0.25, 0.3) is 0 Å². The molecule has 1 atom stereocenters. The van der Waals surface area contributed by atoms with Crippen LogP contribution < -0.4 is 5.32 Å². The summed E-state index contributed by atoms with van der Waals surface area (Å²) in [5.41, 5.74) is 0.367. The zero-order chi connectivity index (χ0) is 13.0. The van der Waals surface area contributed by atoms with Crippen LogP contribution in [0.3, 0.4) is 0 Å². The maximum atomic E-state index is 13.7. The number of nitrogens with one attached hydrogen (secondary N) is 1. The topological polar surface area (TPSA) is 49.3 Å². The maximum Gasteiger partial charge on any atom is 0.246 e. The second kappa shape index (κ2) is 5.98. The Morgan fingerprint density at radius 3 is 2.65 bits per heavy atom. The van der Waals surface area contributed by atoms with Crippen LogP contribution in [0.4, 0.5) is 4.39 Å². The minimum absolute atomic E-state index is 0.00109. The fraction of sp³-hybridized carbons (Fsp3) is 0.417. The van der Waals surface area contributed by atoms with Crippen LogP contribution in [0, 0.1) is 11.7 Å². The minimum Gasteiger partial charge on any atom is -0.387 e. The lowest BCUT2D eigenvalue weighted by molar-refractivity contribution is -0.124. The van der Waals surface area contributed by atoms with Gasteiger partial charge in [0, 0.05) is 10.6 Å². The molecule has 0 radical (unpaired) electrons. The molecule has 0 fully saturated rings. The van der Waals surface area contributed by atoms with Crippen molar-refractivity contribution >= 4 is 17.5 Å². The van der Waals surface area contributed by atoms with Crippen LogP contribution in [0.5, 0.6) is 0 Å². The Hall–Kier alpha value is -1.13. The predicted octanol–water partition coefficient (Wildman–Crippen LogP) is 2.28. The van der Waals surface area contributed by atoms with E-state index in [0.29, 0.717) is 10.6 Å². The van der Waals surface area contributed by atoms with Gasteiger partial charge < -0.3 is 10.4 Å². The molecule has 0 saturated heterocycles. The van der Waals surface area contributed by atoms with Crippen molar-refractivity contribution < 1.29 is 14.3 Å². The van der Waals surface area contributed by atoms with Crippen LogP contribution in [0.15, 0.2) is 18.2 Å². The average Bonchev–Trinajstić information content (AvgIpc) is 2.26. The maximum absolute atomic E-state index is 13.7. The number of hydrogen-bond donors (Lipinski definition) is 2. The molecule has 94 valence electrons. The molecule has 2 N–H and O–H groups in total. The third-order valence-electron chi connectivity index (χ3n) is 2.42. The second-order valence-electron chi connectivity index (χ2n) is 4.11. The van der Waals surface area contributed by atoms with Gasteiger partial charge in [-0.15, -0.1) is 0 Å². The van der Waals surface area contributed by atoms with E-state index in [2.05, 4.69) is 5.32 Å². The molecule has 1 aromatic carbocycles. The smallest absolute Gasteiger partial charge is 0.246 e. The Kier molecular flexibility index (Phi) is 4.90. The molecular formula is C12H15ClFNO2. The zero-order valence-corrected chi connectivity index (χ0v) is 10.5. The van der Waals surface area contributed by atoms with Gasteiger partial charge in [-0.25, -0.2) is 4.39 Å². The minimum atomic E-state index is -0.613. The first-order valence-corrected chi connectivity index (χ1v) is 5.68. The van der Waals surface area contributed by atoms with Crippen LogP contribution >= 0.6 is 11.6 Å². The molecule has 0 heterocycles.